The molecule has 1 aromatic heterocycles. The summed E-state index contributed by atoms with van der Waals surface area (Å²) < 4.78 is 18.2. The maximum Gasteiger partial charge on any atom is 0.308 e. The van der Waals surface area contributed by atoms with Gasteiger partial charge in [-0.1, -0.05) is 18.2 Å². The molecule has 4 rings (SSSR count). The topological polar surface area (TPSA) is 62.4 Å². The van der Waals surface area contributed by atoms with Gasteiger partial charge in [0.1, 0.15) is 5.82 Å². The van der Waals surface area contributed by atoms with Crippen LogP contribution in [0.25, 0.3) is 22.2 Å². The Balaban J connectivity index is 1.50. The highest BCUT2D eigenvalue weighted by Gasteiger charge is 2.28. The largest absolute Gasteiger partial charge is 0.469 e. The number of para-hydroxylation sites is 1. The number of nitrogens with zero attached hydrogens (tertiary/aromatic N) is 1. The van der Waals surface area contributed by atoms with Gasteiger partial charge in [0.15, 0.2) is 0 Å². The van der Waals surface area contributed by atoms with Crippen molar-refractivity contribution in [3.05, 3.63) is 59.9 Å². The predicted molar refractivity (Wildman–Crippen MR) is 113 cm³/mol. The Bertz CT molecular complexity index is 1050. The van der Waals surface area contributed by atoms with Crippen LogP contribution in [0.5, 0.6) is 0 Å². The van der Waals surface area contributed by atoms with Crippen molar-refractivity contribution in [2.45, 2.75) is 25.7 Å². The Hall–Kier alpha value is -3.15. The summed E-state index contributed by atoms with van der Waals surface area (Å²) in [4.78, 5) is 29.8. The van der Waals surface area contributed by atoms with E-state index in [0.29, 0.717) is 38.8 Å². The number of hydrogen-bond donors (Lipinski definition) is 1. The minimum absolute atomic E-state index is 0.0913. The number of ether oxygens (including phenoxy) is 1. The van der Waals surface area contributed by atoms with Crippen molar-refractivity contribution in [2.75, 3.05) is 20.2 Å². The van der Waals surface area contributed by atoms with Gasteiger partial charge in [-0.15, -0.1) is 0 Å². The summed E-state index contributed by atoms with van der Waals surface area (Å²) in [6, 6.07) is 14.4. The maximum atomic E-state index is 13.4. The normalized spacial score (nSPS) is 14.8. The molecule has 156 valence electrons. The number of carbonyl (C=O) groups is 2. The number of likely N-dealkylation sites (tertiary alicyclic amines) is 1. The van der Waals surface area contributed by atoms with Gasteiger partial charge in [0.2, 0.25) is 5.91 Å². The molecule has 2 heterocycles. The molecule has 1 aliphatic heterocycles. The lowest BCUT2D eigenvalue weighted by atomic mass is 9.96. The molecule has 1 aliphatic rings. The third kappa shape index (κ3) is 4.08. The van der Waals surface area contributed by atoms with Gasteiger partial charge in [-0.3, -0.25) is 9.59 Å². The summed E-state index contributed by atoms with van der Waals surface area (Å²) in [6.45, 7) is 1.16. The number of benzene rings is 2. The molecule has 5 nitrogen and oxygen atoms in total. The summed E-state index contributed by atoms with van der Waals surface area (Å²) in [5.41, 5.74) is 3.88. The van der Waals surface area contributed by atoms with E-state index in [1.807, 2.05) is 29.2 Å². The molecule has 6 heteroatoms. The number of H-pyrrole nitrogens is 1. The van der Waals surface area contributed by atoms with E-state index in [-0.39, 0.29) is 23.6 Å². The zero-order chi connectivity index (χ0) is 21.1. The lowest BCUT2D eigenvalue weighted by molar-refractivity contribution is -0.148. The molecule has 2 aromatic carbocycles. The fourth-order valence-electron chi connectivity index (χ4n) is 4.24. The van der Waals surface area contributed by atoms with Crippen LogP contribution in [-0.2, 0) is 20.7 Å². The number of piperidine rings is 1. The number of rotatable bonds is 5. The monoisotopic (exact) mass is 408 g/mol. The molecule has 1 N–H and O–H groups in total. The van der Waals surface area contributed by atoms with E-state index in [9.17, 15) is 14.0 Å². The van der Waals surface area contributed by atoms with E-state index >= 15 is 0 Å². The highest BCUT2D eigenvalue weighted by molar-refractivity contribution is 5.91. The van der Waals surface area contributed by atoms with Crippen LogP contribution in [0.3, 0.4) is 0 Å². The second-order valence-electron chi connectivity index (χ2n) is 7.71. The smallest absolute Gasteiger partial charge is 0.308 e. The van der Waals surface area contributed by atoms with Gasteiger partial charge >= 0.3 is 5.97 Å². The third-order valence-electron chi connectivity index (χ3n) is 5.92. The number of esters is 1. The number of fused-ring (bicyclic) bond motifs is 1. The second kappa shape index (κ2) is 8.69. The number of aromatic amines is 1. The minimum Gasteiger partial charge on any atom is -0.469 e. The van der Waals surface area contributed by atoms with Gasteiger partial charge in [-0.05, 0) is 60.7 Å². The van der Waals surface area contributed by atoms with Crippen LogP contribution in [0.15, 0.2) is 48.5 Å². The number of nitrogens with one attached hydrogen (secondary N) is 1. The molecule has 1 amide bonds. The van der Waals surface area contributed by atoms with Crippen molar-refractivity contribution < 1.29 is 18.7 Å². The average molecular weight is 408 g/mol. The Morgan fingerprint density at radius 3 is 2.50 bits per heavy atom. The Morgan fingerprint density at radius 2 is 1.80 bits per heavy atom. The number of aryl methyl sites for hydroxylation is 1. The lowest BCUT2D eigenvalue weighted by Gasteiger charge is -2.30. The molecule has 1 saturated heterocycles. The minimum atomic E-state index is -0.276. The molecule has 0 aliphatic carbocycles. The SMILES string of the molecule is COC(=O)C1CCN(C(=O)CCc2c(-c3ccc(F)cc3)[nH]c3ccccc23)CC1. The lowest BCUT2D eigenvalue weighted by Crippen LogP contribution is -2.40. The number of hydrogen-bond acceptors (Lipinski definition) is 3. The fourth-order valence-corrected chi connectivity index (χ4v) is 4.24. The van der Waals surface area contributed by atoms with Crippen LogP contribution in [0.4, 0.5) is 4.39 Å². The molecular weight excluding hydrogens is 383 g/mol. The number of halogens is 1. The van der Waals surface area contributed by atoms with Crippen LogP contribution in [0.1, 0.15) is 24.8 Å². The van der Waals surface area contributed by atoms with Gasteiger partial charge in [-0.25, -0.2) is 4.39 Å². The molecule has 0 unspecified atom stereocenters. The number of amides is 1. The maximum absolute atomic E-state index is 13.4. The van der Waals surface area contributed by atoms with Crippen LogP contribution in [0, 0.1) is 11.7 Å². The molecule has 0 saturated carbocycles. The van der Waals surface area contributed by atoms with Gasteiger partial charge in [0.25, 0.3) is 0 Å². The molecule has 0 bridgehead atoms. The van der Waals surface area contributed by atoms with E-state index in [1.54, 1.807) is 12.1 Å². The molecule has 30 heavy (non-hydrogen) atoms. The first-order valence-electron chi connectivity index (χ1n) is 10.3. The quantitative estimate of drug-likeness (QED) is 0.640. The van der Waals surface area contributed by atoms with E-state index < -0.39 is 0 Å². The van der Waals surface area contributed by atoms with Crippen molar-refractivity contribution in [1.29, 1.82) is 0 Å². The van der Waals surface area contributed by atoms with Gasteiger partial charge in [0, 0.05) is 36.1 Å². The summed E-state index contributed by atoms with van der Waals surface area (Å²) in [6.07, 6.45) is 2.27. The first-order chi connectivity index (χ1) is 14.6. The summed E-state index contributed by atoms with van der Waals surface area (Å²) in [5, 5.41) is 1.08. The van der Waals surface area contributed by atoms with Crippen LogP contribution < -0.4 is 0 Å². The third-order valence-corrected chi connectivity index (χ3v) is 5.92. The molecule has 0 spiro atoms. The Kier molecular flexibility index (Phi) is 5.84. The van der Waals surface area contributed by atoms with Crippen LogP contribution in [0.2, 0.25) is 0 Å². The van der Waals surface area contributed by atoms with Crippen molar-refractivity contribution in [3.63, 3.8) is 0 Å². The van der Waals surface area contributed by atoms with Gasteiger partial charge in [-0.2, -0.15) is 0 Å². The number of methoxy groups -OCH3 is 1. The van der Waals surface area contributed by atoms with Crippen molar-refractivity contribution >= 4 is 22.8 Å². The zero-order valence-electron chi connectivity index (χ0n) is 17.0. The highest BCUT2D eigenvalue weighted by atomic mass is 19.1. The van der Waals surface area contributed by atoms with E-state index in [0.717, 1.165) is 27.7 Å². The Labute approximate surface area is 174 Å². The van der Waals surface area contributed by atoms with Crippen LogP contribution >= 0.6 is 0 Å². The Morgan fingerprint density at radius 1 is 1.10 bits per heavy atom. The van der Waals surface area contributed by atoms with Crippen molar-refractivity contribution in [1.82, 2.24) is 9.88 Å². The van der Waals surface area contributed by atoms with E-state index in [1.165, 1.54) is 19.2 Å². The van der Waals surface area contributed by atoms with E-state index in [4.69, 9.17) is 4.74 Å². The van der Waals surface area contributed by atoms with E-state index in [2.05, 4.69) is 4.98 Å². The molecule has 1 fully saturated rings. The van der Waals surface area contributed by atoms with Crippen molar-refractivity contribution in [3.8, 4) is 11.3 Å². The standard InChI is InChI=1S/C24H25FN2O3/c1-30-24(29)17-12-14-27(15-13-17)22(28)11-10-20-19-4-2-3-5-21(19)26-23(20)16-6-8-18(25)9-7-16/h2-9,17,26H,10-15H2,1H3. The number of carbonyl (C=O) groups excluding carboxylic acids is 2. The average Bonchev–Trinajstić information content (AvgIpc) is 3.16. The number of aromatic nitrogens is 1. The summed E-state index contributed by atoms with van der Waals surface area (Å²) in [7, 11) is 1.40. The first-order valence-corrected chi connectivity index (χ1v) is 10.3. The zero-order valence-corrected chi connectivity index (χ0v) is 17.0. The molecular formula is C24H25FN2O3. The van der Waals surface area contributed by atoms with Crippen LogP contribution in [-0.4, -0.2) is 42.0 Å². The summed E-state index contributed by atoms with van der Waals surface area (Å²) in [5.74, 6) is -0.488. The first kappa shape index (κ1) is 20.1. The van der Waals surface area contributed by atoms with Crippen molar-refractivity contribution in [2.24, 2.45) is 5.92 Å². The van der Waals surface area contributed by atoms with Gasteiger partial charge in [0.05, 0.1) is 13.0 Å². The highest BCUT2D eigenvalue weighted by Crippen LogP contribution is 2.32. The summed E-state index contributed by atoms with van der Waals surface area (Å²) >= 11 is 0. The molecule has 3 aromatic rings. The molecule has 0 radical (unpaired) electrons. The predicted octanol–water partition coefficient (Wildman–Crippen LogP) is 4.32. The second-order valence-corrected chi connectivity index (χ2v) is 7.71. The molecule has 0 atom stereocenters. The fraction of sp³-hybridized carbons (Fsp3) is 0.333. The van der Waals surface area contributed by atoms with Gasteiger partial charge < -0.3 is 14.6 Å².